The molecule has 114 valence electrons. The van der Waals surface area contributed by atoms with Crippen molar-refractivity contribution in [1.82, 2.24) is 9.29 Å². The molecular weight excluding hydrogens is 326 g/mol. The number of benzene rings is 1. The summed E-state index contributed by atoms with van der Waals surface area (Å²) in [5.74, 6) is -0.742. The first-order valence-corrected chi connectivity index (χ1v) is 8.42. The molecule has 1 aromatic heterocycles. The molecule has 0 radical (unpaired) electrons. The quantitative estimate of drug-likeness (QED) is 0.771. The van der Waals surface area contributed by atoms with Crippen molar-refractivity contribution in [2.24, 2.45) is 4.40 Å². The predicted molar refractivity (Wildman–Crippen MR) is 82.9 cm³/mol. The number of aromatic nitrogens is 1. The van der Waals surface area contributed by atoms with Gasteiger partial charge in [0.2, 0.25) is 0 Å². The van der Waals surface area contributed by atoms with Gasteiger partial charge in [0.05, 0.1) is 28.5 Å². The van der Waals surface area contributed by atoms with E-state index in [-0.39, 0.29) is 11.4 Å². The Balaban J connectivity index is 2.15. The Labute approximate surface area is 130 Å². The van der Waals surface area contributed by atoms with E-state index >= 15 is 0 Å². The fourth-order valence-electron chi connectivity index (χ4n) is 2.00. The second kappa shape index (κ2) is 5.18. The minimum Gasteiger partial charge on any atom is -0.464 e. The highest BCUT2D eigenvalue weighted by molar-refractivity contribution is 7.88. The first-order chi connectivity index (χ1) is 10.4. The van der Waals surface area contributed by atoms with Crippen LogP contribution in [0.4, 0.5) is 0 Å². The number of ether oxygens (including phenoxy) is 1. The van der Waals surface area contributed by atoms with Gasteiger partial charge in [-0.2, -0.15) is 8.42 Å². The van der Waals surface area contributed by atoms with Crippen molar-refractivity contribution in [1.29, 1.82) is 0 Å². The number of esters is 1. The van der Waals surface area contributed by atoms with Gasteiger partial charge in [0.1, 0.15) is 5.70 Å². The van der Waals surface area contributed by atoms with Crippen molar-refractivity contribution in [3.63, 3.8) is 0 Å². The van der Waals surface area contributed by atoms with E-state index in [0.29, 0.717) is 5.56 Å². The lowest BCUT2D eigenvalue weighted by Gasteiger charge is -2.22. The van der Waals surface area contributed by atoms with Crippen molar-refractivity contribution in [2.75, 3.05) is 14.2 Å². The van der Waals surface area contributed by atoms with E-state index in [1.165, 1.54) is 31.6 Å². The lowest BCUT2D eigenvalue weighted by Crippen LogP contribution is -2.33. The van der Waals surface area contributed by atoms with E-state index in [4.69, 9.17) is 0 Å². The van der Waals surface area contributed by atoms with Gasteiger partial charge in [0.15, 0.2) is 0 Å². The maximum absolute atomic E-state index is 12.1. The first kappa shape index (κ1) is 14.7. The molecule has 0 amide bonds. The fourth-order valence-corrected chi connectivity index (χ4v) is 3.57. The third-order valence-electron chi connectivity index (χ3n) is 3.19. The number of fused-ring (bicyclic) bond motifs is 1. The highest BCUT2D eigenvalue weighted by Gasteiger charge is 2.30. The number of carbonyl (C=O) groups is 1. The van der Waals surface area contributed by atoms with Gasteiger partial charge in [-0.15, -0.1) is 15.7 Å². The third-order valence-corrected chi connectivity index (χ3v) is 5.32. The van der Waals surface area contributed by atoms with Crippen LogP contribution in [0.5, 0.6) is 0 Å². The van der Waals surface area contributed by atoms with Crippen molar-refractivity contribution >= 4 is 43.4 Å². The van der Waals surface area contributed by atoms with Gasteiger partial charge in [0, 0.05) is 12.6 Å². The summed E-state index contributed by atoms with van der Waals surface area (Å²) in [6.07, 6.45) is 1.39. The number of likely N-dealkylation sites (N-methyl/N-ethyl adjacent to an activating group) is 1. The largest absolute Gasteiger partial charge is 0.464 e. The molecule has 22 heavy (non-hydrogen) atoms. The smallest absolute Gasteiger partial charge is 0.355 e. The molecule has 0 bridgehead atoms. The summed E-state index contributed by atoms with van der Waals surface area (Å²) in [5.41, 5.74) is 3.10. The molecule has 0 N–H and O–H groups in total. The Bertz CT molecular complexity index is 928. The van der Waals surface area contributed by atoms with Crippen LogP contribution in [0.2, 0.25) is 0 Å². The van der Waals surface area contributed by atoms with Gasteiger partial charge in [0.25, 0.3) is 0 Å². The highest BCUT2D eigenvalue weighted by atomic mass is 32.2. The maximum atomic E-state index is 12.1. The lowest BCUT2D eigenvalue weighted by atomic mass is 10.1. The minimum atomic E-state index is -3.97. The van der Waals surface area contributed by atoms with Crippen molar-refractivity contribution in [3.8, 4) is 0 Å². The Kier molecular flexibility index (Phi) is 3.45. The monoisotopic (exact) mass is 337 g/mol. The van der Waals surface area contributed by atoms with Crippen LogP contribution in [0.3, 0.4) is 0 Å². The number of nitrogens with zero attached hydrogens (tertiary/aromatic N) is 3. The molecule has 0 atom stereocenters. The predicted octanol–water partition coefficient (Wildman–Crippen LogP) is 1.33. The van der Waals surface area contributed by atoms with Gasteiger partial charge in [-0.05, 0) is 18.2 Å². The molecule has 0 saturated heterocycles. The number of thiazole rings is 1. The first-order valence-electron chi connectivity index (χ1n) is 6.15. The molecular formula is C13H11N3O4S2. The maximum Gasteiger partial charge on any atom is 0.355 e. The minimum absolute atomic E-state index is 0.0918. The van der Waals surface area contributed by atoms with Crippen LogP contribution in [0.1, 0.15) is 5.56 Å². The van der Waals surface area contributed by atoms with E-state index in [1.54, 1.807) is 17.6 Å². The van der Waals surface area contributed by atoms with Gasteiger partial charge in [-0.25, -0.2) is 14.1 Å². The molecule has 7 nitrogen and oxygen atoms in total. The molecule has 0 spiro atoms. The SMILES string of the molecule is COC(=O)C1=CC(c2ccc3scnc3c2)=NS(=O)(=O)N1C. The molecule has 0 aliphatic carbocycles. The van der Waals surface area contributed by atoms with E-state index < -0.39 is 16.2 Å². The van der Waals surface area contributed by atoms with Crippen LogP contribution in [0.15, 0.2) is 39.9 Å². The number of carbonyl (C=O) groups excluding carboxylic acids is 1. The summed E-state index contributed by atoms with van der Waals surface area (Å²) in [4.78, 5) is 15.9. The van der Waals surface area contributed by atoms with Crippen LogP contribution in [-0.4, -0.2) is 43.5 Å². The van der Waals surface area contributed by atoms with Gasteiger partial charge < -0.3 is 4.74 Å². The summed E-state index contributed by atoms with van der Waals surface area (Å²) >= 11 is 1.48. The van der Waals surface area contributed by atoms with Crippen molar-refractivity contribution in [3.05, 3.63) is 41.0 Å². The summed E-state index contributed by atoms with van der Waals surface area (Å²) < 4.78 is 34.3. The molecule has 0 saturated carbocycles. The standard InChI is InChI=1S/C13H11N3O4S2/c1-16-11(13(17)20-2)6-9(15-22(16,18)19)8-3-4-12-10(5-8)14-7-21-12/h3-7H,1-2H3. The number of rotatable bonds is 2. The molecule has 9 heteroatoms. The zero-order valence-electron chi connectivity index (χ0n) is 11.7. The molecule has 1 aromatic carbocycles. The lowest BCUT2D eigenvalue weighted by molar-refractivity contribution is -0.137. The Hall–Kier alpha value is -2.26. The van der Waals surface area contributed by atoms with Crippen LogP contribution in [-0.2, 0) is 19.7 Å². The molecule has 0 unspecified atom stereocenters. The van der Waals surface area contributed by atoms with Gasteiger partial charge in [-0.3, -0.25) is 0 Å². The normalized spacial score (nSPS) is 17.1. The second-order valence-corrected chi connectivity index (χ2v) is 6.99. The van der Waals surface area contributed by atoms with Crippen LogP contribution in [0, 0.1) is 0 Å². The van der Waals surface area contributed by atoms with Crippen molar-refractivity contribution in [2.45, 2.75) is 0 Å². The molecule has 0 fully saturated rings. The number of hydrogen-bond donors (Lipinski definition) is 0. The molecule has 3 rings (SSSR count). The second-order valence-electron chi connectivity index (χ2n) is 4.48. The average molecular weight is 337 g/mol. The molecule has 2 aromatic rings. The highest BCUT2D eigenvalue weighted by Crippen LogP contribution is 2.23. The van der Waals surface area contributed by atoms with E-state index in [0.717, 1.165) is 14.5 Å². The Morgan fingerprint density at radius 3 is 2.86 bits per heavy atom. The molecule has 1 aliphatic rings. The summed E-state index contributed by atoms with van der Waals surface area (Å²) in [6.45, 7) is 0. The van der Waals surface area contributed by atoms with Crippen molar-refractivity contribution < 1.29 is 17.9 Å². The summed E-state index contributed by atoms with van der Waals surface area (Å²) in [7, 11) is -1.53. The topological polar surface area (TPSA) is 88.9 Å². The molecule has 2 heterocycles. The number of allylic oxidation sites excluding steroid dienone is 1. The van der Waals surface area contributed by atoms with Crippen LogP contribution < -0.4 is 0 Å². The van der Waals surface area contributed by atoms with E-state index in [9.17, 15) is 13.2 Å². The van der Waals surface area contributed by atoms with Crippen LogP contribution >= 0.6 is 11.3 Å². The average Bonchev–Trinajstić information content (AvgIpc) is 2.96. The van der Waals surface area contributed by atoms with E-state index in [2.05, 4.69) is 14.1 Å². The van der Waals surface area contributed by atoms with E-state index in [1.807, 2.05) is 6.07 Å². The van der Waals surface area contributed by atoms with Gasteiger partial charge >= 0.3 is 16.2 Å². The van der Waals surface area contributed by atoms with Crippen LogP contribution in [0.25, 0.3) is 10.2 Å². The fraction of sp³-hybridized carbons (Fsp3) is 0.154. The van der Waals surface area contributed by atoms with Gasteiger partial charge in [-0.1, -0.05) is 6.07 Å². The Morgan fingerprint density at radius 1 is 1.36 bits per heavy atom. The summed E-state index contributed by atoms with van der Waals surface area (Å²) in [5, 5.41) is 0. The third kappa shape index (κ3) is 2.38. The number of methoxy groups -OCH3 is 1. The zero-order valence-corrected chi connectivity index (χ0v) is 13.3. The zero-order chi connectivity index (χ0) is 15.9. The molecule has 1 aliphatic heterocycles. The Morgan fingerprint density at radius 2 is 2.14 bits per heavy atom. The number of hydrogen-bond acceptors (Lipinski definition) is 6. The summed E-state index contributed by atoms with van der Waals surface area (Å²) in [6, 6.07) is 5.31.